The van der Waals surface area contributed by atoms with Gasteiger partial charge in [0.05, 0.1) is 18.1 Å². The van der Waals surface area contributed by atoms with Crippen molar-refractivity contribution in [2.45, 2.75) is 38.8 Å². The molecule has 0 saturated carbocycles. The summed E-state index contributed by atoms with van der Waals surface area (Å²) >= 11 is 0. The molecule has 1 aliphatic rings. The van der Waals surface area contributed by atoms with Gasteiger partial charge in [0, 0.05) is 30.9 Å². The molecular formula is C16H23N3O5. The second-order valence-corrected chi connectivity index (χ2v) is 6.69. The highest BCUT2D eigenvalue weighted by molar-refractivity contribution is 5.68. The number of amides is 1. The molecule has 1 N–H and O–H groups in total. The summed E-state index contributed by atoms with van der Waals surface area (Å²) in [5.41, 5.74) is 0.225. The molecule has 132 valence electrons. The largest absolute Gasteiger partial charge is 0.490 e. The summed E-state index contributed by atoms with van der Waals surface area (Å²) in [7, 11) is 1.41. The van der Waals surface area contributed by atoms with Crippen molar-refractivity contribution in [1.82, 2.24) is 5.32 Å². The molecule has 1 aliphatic heterocycles. The van der Waals surface area contributed by atoms with E-state index in [1.54, 1.807) is 12.1 Å². The van der Waals surface area contributed by atoms with Gasteiger partial charge in [-0.1, -0.05) is 0 Å². The van der Waals surface area contributed by atoms with Crippen LogP contribution in [-0.2, 0) is 4.74 Å². The predicted octanol–water partition coefficient (Wildman–Crippen LogP) is 2.71. The van der Waals surface area contributed by atoms with E-state index in [2.05, 4.69) is 5.32 Å². The van der Waals surface area contributed by atoms with Gasteiger partial charge in [-0.3, -0.25) is 10.1 Å². The van der Waals surface area contributed by atoms with E-state index in [4.69, 9.17) is 9.47 Å². The van der Waals surface area contributed by atoms with Crippen molar-refractivity contribution in [2.24, 2.45) is 0 Å². The third kappa shape index (κ3) is 4.50. The summed E-state index contributed by atoms with van der Waals surface area (Å²) in [5.74, 6) is 0.223. The Bertz CT molecular complexity index is 627. The minimum Gasteiger partial charge on any atom is -0.490 e. The van der Waals surface area contributed by atoms with Gasteiger partial charge in [0.1, 0.15) is 5.60 Å². The van der Waals surface area contributed by atoms with Crippen molar-refractivity contribution in [3.63, 3.8) is 0 Å². The van der Waals surface area contributed by atoms with Gasteiger partial charge in [0.2, 0.25) is 0 Å². The average Bonchev–Trinajstić information content (AvgIpc) is 2.92. The molecule has 0 unspecified atom stereocenters. The molecule has 1 fully saturated rings. The fourth-order valence-corrected chi connectivity index (χ4v) is 2.60. The molecule has 8 nitrogen and oxygen atoms in total. The number of nitrogens with one attached hydrogen (secondary N) is 1. The van der Waals surface area contributed by atoms with E-state index >= 15 is 0 Å². The zero-order valence-corrected chi connectivity index (χ0v) is 14.4. The number of rotatable bonds is 4. The Hall–Kier alpha value is -2.51. The molecule has 0 bridgehead atoms. The minimum atomic E-state index is -0.534. The number of alkyl carbamates (subject to hydrolysis) is 1. The zero-order valence-electron chi connectivity index (χ0n) is 14.4. The summed E-state index contributed by atoms with van der Waals surface area (Å²) in [4.78, 5) is 24.4. The molecule has 1 aromatic rings. The molecule has 1 amide bonds. The number of nitro groups is 1. The van der Waals surface area contributed by atoms with Crippen molar-refractivity contribution >= 4 is 17.5 Å². The summed E-state index contributed by atoms with van der Waals surface area (Å²) in [6.45, 7) is 6.80. The number of anilines is 1. The van der Waals surface area contributed by atoms with Crippen LogP contribution in [0.15, 0.2) is 18.2 Å². The van der Waals surface area contributed by atoms with Crippen LogP contribution in [0, 0.1) is 10.1 Å². The highest BCUT2D eigenvalue weighted by atomic mass is 16.6. The van der Waals surface area contributed by atoms with Gasteiger partial charge < -0.3 is 19.7 Å². The second kappa shape index (κ2) is 6.94. The second-order valence-electron chi connectivity index (χ2n) is 6.69. The Morgan fingerprint density at radius 3 is 2.71 bits per heavy atom. The van der Waals surface area contributed by atoms with Crippen molar-refractivity contribution in [3.8, 4) is 5.75 Å². The van der Waals surface area contributed by atoms with Crippen LogP contribution in [0.25, 0.3) is 0 Å². The fraction of sp³-hybridized carbons (Fsp3) is 0.562. The van der Waals surface area contributed by atoms with Crippen LogP contribution in [-0.4, -0.2) is 42.9 Å². The summed E-state index contributed by atoms with van der Waals surface area (Å²) in [6, 6.07) is 4.74. The van der Waals surface area contributed by atoms with Crippen molar-refractivity contribution in [1.29, 1.82) is 0 Å². The van der Waals surface area contributed by atoms with Crippen LogP contribution >= 0.6 is 0 Å². The van der Waals surface area contributed by atoms with Gasteiger partial charge >= 0.3 is 11.8 Å². The molecule has 0 radical (unpaired) electrons. The lowest BCUT2D eigenvalue weighted by Gasteiger charge is -2.22. The van der Waals surface area contributed by atoms with E-state index in [0.717, 1.165) is 18.7 Å². The number of benzene rings is 1. The summed E-state index contributed by atoms with van der Waals surface area (Å²) in [5, 5.41) is 13.8. The number of carbonyl (C=O) groups excluding carboxylic acids is 1. The van der Waals surface area contributed by atoms with Gasteiger partial charge in [-0.2, -0.15) is 0 Å². The molecule has 1 aromatic carbocycles. The Kier molecular flexibility index (Phi) is 5.16. The first-order chi connectivity index (χ1) is 11.2. The quantitative estimate of drug-likeness (QED) is 0.670. The summed E-state index contributed by atoms with van der Waals surface area (Å²) < 4.78 is 10.4. The van der Waals surface area contributed by atoms with Gasteiger partial charge in [-0.15, -0.1) is 0 Å². The van der Waals surface area contributed by atoms with Gasteiger partial charge in [-0.05, 0) is 33.3 Å². The lowest BCUT2D eigenvalue weighted by atomic mass is 10.2. The fourth-order valence-electron chi connectivity index (χ4n) is 2.60. The lowest BCUT2D eigenvalue weighted by molar-refractivity contribution is -0.385. The molecule has 8 heteroatoms. The normalized spacial score (nSPS) is 17.5. The van der Waals surface area contributed by atoms with E-state index < -0.39 is 16.6 Å². The van der Waals surface area contributed by atoms with Gasteiger partial charge in [-0.25, -0.2) is 4.79 Å². The maximum absolute atomic E-state index is 11.8. The molecule has 0 spiro atoms. The van der Waals surface area contributed by atoms with Crippen LogP contribution in [0.4, 0.5) is 16.2 Å². The number of hydrogen-bond donors (Lipinski definition) is 1. The van der Waals surface area contributed by atoms with E-state index in [1.807, 2.05) is 25.7 Å². The first-order valence-corrected chi connectivity index (χ1v) is 7.76. The summed E-state index contributed by atoms with van der Waals surface area (Å²) in [6.07, 6.45) is 0.342. The van der Waals surface area contributed by atoms with E-state index in [1.165, 1.54) is 13.2 Å². The van der Waals surface area contributed by atoms with E-state index in [9.17, 15) is 14.9 Å². The smallest absolute Gasteiger partial charge is 0.407 e. The Morgan fingerprint density at radius 2 is 2.12 bits per heavy atom. The number of methoxy groups -OCH3 is 1. The number of nitrogens with zero attached hydrogens (tertiary/aromatic N) is 2. The molecule has 1 heterocycles. The van der Waals surface area contributed by atoms with Crippen LogP contribution in [0.3, 0.4) is 0 Å². The highest BCUT2D eigenvalue weighted by Crippen LogP contribution is 2.32. The number of carbonyl (C=O) groups is 1. The molecule has 0 aliphatic carbocycles. The molecule has 1 atom stereocenters. The SMILES string of the molecule is COc1cc(N2CC[C@H](NC(=O)OC(C)(C)C)C2)ccc1[N+](=O)[O-]. The predicted molar refractivity (Wildman–Crippen MR) is 89.6 cm³/mol. The molecular weight excluding hydrogens is 314 g/mol. The van der Waals surface area contributed by atoms with E-state index in [0.29, 0.717) is 6.54 Å². The van der Waals surface area contributed by atoms with Crippen LogP contribution in [0.5, 0.6) is 5.75 Å². The van der Waals surface area contributed by atoms with Crippen molar-refractivity contribution < 1.29 is 19.2 Å². The van der Waals surface area contributed by atoms with Crippen molar-refractivity contribution in [2.75, 3.05) is 25.1 Å². The van der Waals surface area contributed by atoms with Crippen LogP contribution in [0.1, 0.15) is 27.2 Å². The molecule has 0 aromatic heterocycles. The highest BCUT2D eigenvalue weighted by Gasteiger charge is 2.27. The Morgan fingerprint density at radius 1 is 1.42 bits per heavy atom. The first-order valence-electron chi connectivity index (χ1n) is 7.76. The monoisotopic (exact) mass is 337 g/mol. The zero-order chi connectivity index (χ0) is 17.9. The maximum atomic E-state index is 11.8. The first kappa shape index (κ1) is 17.8. The third-order valence-corrected chi connectivity index (χ3v) is 3.63. The van der Waals surface area contributed by atoms with Crippen LogP contribution < -0.4 is 15.0 Å². The van der Waals surface area contributed by atoms with Gasteiger partial charge in [0.25, 0.3) is 0 Å². The van der Waals surface area contributed by atoms with Crippen molar-refractivity contribution in [3.05, 3.63) is 28.3 Å². The molecule has 2 rings (SSSR count). The minimum absolute atomic E-state index is 0.0268. The third-order valence-electron chi connectivity index (χ3n) is 3.63. The maximum Gasteiger partial charge on any atom is 0.407 e. The Balaban J connectivity index is 2.00. The van der Waals surface area contributed by atoms with Crippen LogP contribution in [0.2, 0.25) is 0 Å². The number of nitro benzene ring substituents is 1. The standard InChI is InChI=1S/C16H23N3O5/c1-16(2,3)24-15(20)17-11-7-8-18(10-11)12-5-6-13(19(21)22)14(9-12)23-4/h5-6,9,11H,7-8,10H2,1-4H3,(H,17,20)/t11-/m0/s1. The lowest BCUT2D eigenvalue weighted by Crippen LogP contribution is -2.40. The number of ether oxygens (including phenoxy) is 2. The topological polar surface area (TPSA) is 93.9 Å². The number of hydrogen-bond acceptors (Lipinski definition) is 6. The molecule has 1 saturated heterocycles. The molecule has 24 heavy (non-hydrogen) atoms. The Labute approximate surface area is 140 Å². The average molecular weight is 337 g/mol. The van der Waals surface area contributed by atoms with E-state index in [-0.39, 0.29) is 17.5 Å². The van der Waals surface area contributed by atoms with Gasteiger partial charge in [0.15, 0.2) is 5.75 Å².